The molecule has 0 aromatic heterocycles. The minimum absolute atomic E-state index is 0.170. The number of rotatable bonds is 5. The summed E-state index contributed by atoms with van der Waals surface area (Å²) in [7, 11) is 0. The van der Waals surface area contributed by atoms with Crippen molar-refractivity contribution in [2.45, 2.75) is 57.5 Å². The smallest absolute Gasteiger partial charge is 0.320 e. The van der Waals surface area contributed by atoms with E-state index in [4.69, 9.17) is 5.11 Å². The molecule has 0 saturated heterocycles. The van der Waals surface area contributed by atoms with Crippen LogP contribution in [-0.2, 0) is 9.59 Å². The standard InChI is InChI=1S/C11H19NO3/c1-2-5-9(11(14)15)12-8-6-3-4-7-10(8)13/h8-9,12H,2-7H2,1H3,(H,14,15)/t8?,9-/m0/s1. The van der Waals surface area contributed by atoms with Gasteiger partial charge in [-0.05, 0) is 19.3 Å². The van der Waals surface area contributed by atoms with Gasteiger partial charge in [-0.3, -0.25) is 14.9 Å². The minimum Gasteiger partial charge on any atom is -0.480 e. The summed E-state index contributed by atoms with van der Waals surface area (Å²) < 4.78 is 0. The predicted octanol–water partition coefficient (Wildman–Crippen LogP) is 1.34. The largest absolute Gasteiger partial charge is 0.480 e. The molecule has 1 fully saturated rings. The van der Waals surface area contributed by atoms with Crippen molar-refractivity contribution in [3.05, 3.63) is 0 Å². The van der Waals surface area contributed by atoms with Crippen molar-refractivity contribution in [1.82, 2.24) is 5.32 Å². The Bertz CT molecular complexity index is 238. The highest BCUT2D eigenvalue weighted by Crippen LogP contribution is 2.15. The second-order valence-electron chi connectivity index (χ2n) is 4.11. The normalized spacial score (nSPS) is 23.8. The van der Waals surface area contributed by atoms with E-state index in [1.54, 1.807) is 0 Å². The van der Waals surface area contributed by atoms with Gasteiger partial charge in [-0.25, -0.2) is 0 Å². The first kappa shape index (κ1) is 12.2. The zero-order valence-electron chi connectivity index (χ0n) is 9.16. The number of ketones is 1. The van der Waals surface area contributed by atoms with Crippen molar-refractivity contribution in [2.75, 3.05) is 0 Å². The Morgan fingerprint density at radius 2 is 2.33 bits per heavy atom. The Morgan fingerprint density at radius 1 is 1.60 bits per heavy atom. The van der Waals surface area contributed by atoms with E-state index in [9.17, 15) is 9.59 Å². The van der Waals surface area contributed by atoms with E-state index >= 15 is 0 Å². The molecule has 0 aromatic carbocycles. The molecule has 1 aliphatic rings. The third-order valence-corrected chi connectivity index (χ3v) is 2.83. The van der Waals surface area contributed by atoms with E-state index in [-0.39, 0.29) is 11.8 Å². The minimum atomic E-state index is -0.852. The monoisotopic (exact) mass is 213 g/mol. The summed E-state index contributed by atoms with van der Waals surface area (Å²) in [6.45, 7) is 1.94. The molecular formula is C11H19NO3. The van der Waals surface area contributed by atoms with Crippen LogP contribution in [0.15, 0.2) is 0 Å². The first-order valence-electron chi connectivity index (χ1n) is 5.66. The molecule has 4 heteroatoms. The topological polar surface area (TPSA) is 66.4 Å². The zero-order chi connectivity index (χ0) is 11.3. The van der Waals surface area contributed by atoms with Gasteiger partial charge >= 0.3 is 5.97 Å². The molecule has 4 nitrogen and oxygen atoms in total. The van der Waals surface area contributed by atoms with Crippen LogP contribution in [0.25, 0.3) is 0 Å². The lowest BCUT2D eigenvalue weighted by Crippen LogP contribution is -2.48. The van der Waals surface area contributed by atoms with Crippen LogP contribution in [0.5, 0.6) is 0 Å². The lowest BCUT2D eigenvalue weighted by molar-refractivity contribution is -0.140. The number of nitrogens with one attached hydrogen (secondary N) is 1. The first-order chi connectivity index (χ1) is 7.15. The Labute approximate surface area is 90.0 Å². The van der Waals surface area contributed by atoms with E-state index in [0.29, 0.717) is 12.8 Å². The Morgan fingerprint density at radius 3 is 2.87 bits per heavy atom. The van der Waals surface area contributed by atoms with Crippen LogP contribution >= 0.6 is 0 Å². The highest BCUT2D eigenvalue weighted by Gasteiger charge is 2.27. The quantitative estimate of drug-likeness (QED) is 0.723. The molecule has 86 valence electrons. The summed E-state index contributed by atoms with van der Waals surface area (Å²) in [4.78, 5) is 22.4. The van der Waals surface area contributed by atoms with Gasteiger partial charge < -0.3 is 5.11 Å². The number of aliphatic carboxylic acids is 1. The zero-order valence-corrected chi connectivity index (χ0v) is 9.16. The van der Waals surface area contributed by atoms with Gasteiger partial charge in [-0.2, -0.15) is 0 Å². The number of carboxylic acids is 1. The number of carboxylic acid groups (broad SMARTS) is 1. The van der Waals surface area contributed by atoms with Crippen LogP contribution in [0.2, 0.25) is 0 Å². The first-order valence-corrected chi connectivity index (χ1v) is 5.66. The highest BCUT2D eigenvalue weighted by atomic mass is 16.4. The third-order valence-electron chi connectivity index (χ3n) is 2.83. The molecule has 0 radical (unpaired) electrons. The van der Waals surface area contributed by atoms with Crippen LogP contribution in [0, 0.1) is 0 Å². The summed E-state index contributed by atoms with van der Waals surface area (Å²) in [5, 5.41) is 11.9. The fourth-order valence-corrected chi connectivity index (χ4v) is 1.97. The molecule has 0 bridgehead atoms. The average molecular weight is 213 g/mol. The van der Waals surface area contributed by atoms with Gasteiger partial charge in [0.1, 0.15) is 11.8 Å². The van der Waals surface area contributed by atoms with E-state index in [0.717, 1.165) is 25.7 Å². The van der Waals surface area contributed by atoms with Crippen LogP contribution in [0.4, 0.5) is 0 Å². The Balaban J connectivity index is 2.48. The molecule has 15 heavy (non-hydrogen) atoms. The summed E-state index contributed by atoms with van der Waals surface area (Å²) in [6.07, 6.45) is 4.73. The molecule has 2 N–H and O–H groups in total. The third kappa shape index (κ3) is 3.63. The van der Waals surface area contributed by atoms with Crippen molar-refractivity contribution in [3.63, 3.8) is 0 Å². The maximum atomic E-state index is 11.5. The number of carbonyl (C=O) groups excluding carboxylic acids is 1. The van der Waals surface area contributed by atoms with E-state index < -0.39 is 12.0 Å². The Hall–Kier alpha value is -0.900. The van der Waals surface area contributed by atoms with Crippen molar-refractivity contribution < 1.29 is 14.7 Å². The van der Waals surface area contributed by atoms with Gasteiger partial charge in [0.2, 0.25) is 0 Å². The summed E-state index contributed by atoms with van der Waals surface area (Å²) in [5.74, 6) is -0.682. The summed E-state index contributed by atoms with van der Waals surface area (Å²) in [5.41, 5.74) is 0. The molecule has 0 spiro atoms. The second kappa shape index (κ2) is 5.85. The number of carbonyl (C=O) groups is 2. The van der Waals surface area contributed by atoms with Crippen molar-refractivity contribution in [1.29, 1.82) is 0 Å². The lowest BCUT2D eigenvalue weighted by atomic mass is 9.93. The molecule has 0 heterocycles. The van der Waals surface area contributed by atoms with Gasteiger partial charge in [0.15, 0.2) is 0 Å². The molecule has 0 aromatic rings. The van der Waals surface area contributed by atoms with E-state index in [1.807, 2.05) is 6.92 Å². The summed E-state index contributed by atoms with van der Waals surface area (Å²) in [6, 6.07) is -0.798. The number of hydrogen-bond donors (Lipinski definition) is 2. The maximum absolute atomic E-state index is 11.5. The highest BCUT2D eigenvalue weighted by molar-refractivity contribution is 5.85. The molecule has 1 aliphatic carbocycles. The summed E-state index contributed by atoms with van der Waals surface area (Å²) >= 11 is 0. The van der Waals surface area contributed by atoms with E-state index in [2.05, 4.69) is 5.32 Å². The Kier molecular flexibility index (Phi) is 4.75. The lowest BCUT2D eigenvalue weighted by Gasteiger charge is -2.25. The molecule has 1 saturated carbocycles. The van der Waals surface area contributed by atoms with Crippen LogP contribution < -0.4 is 5.32 Å². The van der Waals surface area contributed by atoms with E-state index in [1.165, 1.54) is 0 Å². The van der Waals surface area contributed by atoms with Crippen molar-refractivity contribution >= 4 is 11.8 Å². The number of hydrogen-bond acceptors (Lipinski definition) is 3. The van der Waals surface area contributed by atoms with Gasteiger partial charge in [-0.1, -0.05) is 19.8 Å². The second-order valence-corrected chi connectivity index (χ2v) is 4.11. The van der Waals surface area contributed by atoms with Gasteiger partial charge in [0.25, 0.3) is 0 Å². The van der Waals surface area contributed by atoms with Crippen LogP contribution in [0.1, 0.15) is 45.4 Å². The van der Waals surface area contributed by atoms with Crippen molar-refractivity contribution in [2.24, 2.45) is 0 Å². The molecule has 2 atom stereocenters. The predicted molar refractivity (Wildman–Crippen MR) is 56.7 cm³/mol. The van der Waals surface area contributed by atoms with Crippen LogP contribution in [-0.4, -0.2) is 28.9 Å². The molecule has 0 aliphatic heterocycles. The van der Waals surface area contributed by atoms with Crippen molar-refractivity contribution in [3.8, 4) is 0 Å². The van der Waals surface area contributed by atoms with Gasteiger partial charge in [0.05, 0.1) is 6.04 Å². The van der Waals surface area contributed by atoms with Gasteiger partial charge in [0, 0.05) is 6.42 Å². The fraction of sp³-hybridized carbons (Fsp3) is 0.818. The van der Waals surface area contributed by atoms with Gasteiger partial charge in [-0.15, -0.1) is 0 Å². The van der Waals surface area contributed by atoms with Crippen LogP contribution in [0.3, 0.4) is 0 Å². The SMILES string of the molecule is CCC[C@H](NC1CCCCC1=O)C(=O)O. The maximum Gasteiger partial charge on any atom is 0.320 e. The number of Topliss-reactive ketones (excluding diaryl/α,β-unsaturated/α-hetero) is 1. The molecule has 0 amide bonds. The molecular weight excluding hydrogens is 194 g/mol. The molecule has 1 unspecified atom stereocenters. The fourth-order valence-electron chi connectivity index (χ4n) is 1.97. The average Bonchev–Trinajstić information content (AvgIpc) is 2.20. The molecule has 1 rings (SSSR count).